The maximum Gasteiger partial charge on any atom is 0.332 e. The maximum absolute atomic E-state index is 12.7. The summed E-state index contributed by atoms with van der Waals surface area (Å²) in [5.74, 6) is 1.15. The Hall–Kier alpha value is -5.43. The highest BCUT2D eigenvalue weighted by Crippen LogP contribution is 2.35. The first-order valence-electron chi connectivity index (χ1n) is 12.2. The molecular formula is C28H24N6O6S. The van der Waals surface area contributed by atoms with Gasteiger partial charge in [-0.25, -0.2) is 32.1 Å². The van der Waals surface area contributed by atoms with E-state index in [1.54, 1.807) is 66.7 Å². The van der Waals surface area contributed by atoms with Gasteiger partial charge in [-0.2, -0.15) is 0 Å². The second-order valence-corrected chi connectivity index (χ2v) is 9.43. The van der Waals surface area contributed by atoms with Gasteiger partial charge in [0.1, 0.15) is 11.5 Å². The topological polar surface area (TPSA) is 145 Å². The van der Waals surface area contributed by atoms with E-state index in [-0.39, 0.29) is 23.0 Å². The standard InChI is InChI=1S/C28H24N6O6S/c1-39-21-15-19(16-22(17-21)40-2)29-26-27(32-24-11-4-3-10-23(24)31-26)34(41(37)38)20-9-7-8-18(14-20)30-28(36)33-13-6-5-12-25(33)35/h3-17,41H,1-2H3,(H,29,31)(H,30,36). The average Bonchev–Trinajstić information content (AvgIpc) is 2.97. The first kappa shape index (κ1) is 27.1. The molecule has 13 heteroatoms. The van der Waals surface area contributed by atoms with Gasteiger partial charge in [0, 0.05) is 41.8 Å². The summed E-state index contributed by atoms with van der Waals surface area (Å²) in [5.41, 5.74) is 1.43. The van der Waals surface area contributed by atoms with Crippen molar-refractivity contribution in [3.63, 3.8) is 0 Å². The summed E-state index contributed by atoms with van der Waals surface area (Å²) < 4.78 is 38.1. The summed E-state index contributed by atoms with van der Waals surface area (Å²) in [4.78, 5) is 34.0. The Kier molecular flexibility index (Phi) is 7.78. The molecule has 2 heterocycles. The number of nitrogens with one attached hydrogen (secondary N) is 2. The SMILES string of the molecule is COc1cc(Nc2nc3ccccc3nc2N(c2cccc(NC(=O)n3ccccc3=O)c2)[SH](=O)=O)cc(OC)c1. The lowest BCUT2D eigenvalue weighted by molar-refractivity contribution is 0.252. The van der Waals surface area contributed by atoms with Crippen molar-refractivity contribution in [2.45, 2.75) is 0 Å². The van der Waals surface area contributed by atoms with Crippen LogP contribution >= 0.6 is 0 Å². The summed E-state index contributed by atoms with van der Waals surface area (Å²) >= 11 is 0. The Morgan fingerprint density at radius 1 is 0.829 bits per heavy atom. The fourth-order valence-corrected chi connectivity index (χ4v) is 4.63. The van der Waals surface area contributed by atoms with E-state index in [1.165, 1.54) is 38.6 Å². The van der Waals surface area contributed by atoms with E-state index in [0.717, 1.165) is 8.87 Å². The summed E-state index contributed by atoms with van der Waals surface area (Å²) in [5, 5.41) is 5.76. The van der Waals surface area contributed by atoms with Crippen molar-refractivity contribution >= 4 is 56.7 Å². The van der Waals surface area contributed by atoms with E-state index in [9.17, 15) is 18.0 Å². The van der Waals surface area contributed by atoms with Crippen LogP contribution in [0, 0.1) is 0 Å². The number of methoxy groups -OCH3 is 2. The molecule has 0 spiro atoms. The van der Waals surface area contributed by atoms with Gasteiger partial charge in [-0.15, -0.1) is 0 Å². The number of benzene rings is 3. The maximum atomic E-state index is 12.7. The van der Waals surface area contributed by atoms with Crippen LogP contribution in [0.5, 0.6) is 11.5 Å². The molecule has 5 aromatic rings. The Morgan fingerprint density at radius 2 is 1.51 bits per heavy atom. The first-order chi connectivity index (χ1) is 19.9. The molecular weight excluding hydrogens is 548 g/mol. The second-order valence-electron chi connectivity index (χ2n) is 8.55. The van der Waals surface area contributed by atoms with E-state index < -0.39 is 22.5 Å². The number of fused-ring (bicyclic) bond motifs is 1. The molecule has 0 radical (unpaired) electrons. The van der Waals surface area contributed by atoms with Gasteiger partial charge in [0.2, 0.25) is 10.9 Å². The van der Waals surface area contributed by atoms with Crippen molar-refractivity contribution in [1.29, 1.82) is 0 Å². The van der Waals surface area contributed by atoms with Crippen molar-refractivity contribution in [3.05, 3.63) is 101 Å². The van der Waals surface area contributed by atoms with Crippen LogP contribution in [0.1, 0.15) is 0 Å². The molecule has 2 aromatic heterocycles. The fourth-order valence-electron chi connectivity index (χ4n) is 4.03. The van der Waals surface area contributed by atoms with Gasteiger partial charge < -0.3 is 20.1 Å². The van der Waals surface area contributed by atoms with Crippen molar-refractivity contribution in [1.82, 2.24) is 14.5 Å². The highest BCUT2D eigenvalue weighted by molar-refractivity contribution is 7.74. The lowest BCUT2D eigenvalue weighted by Gasteiger charge is -2.21. The molecule has 3 aromatic carbocycles. The number of hydrogen-bond acceptors (Lipinski definition) is 9. The van der Waals surface area contributed by atoms with E-state index in [4.69, 9.17) is 9.47 Å². The molecule has 0 bridgehead atoms. The molecule has 0 unspecified atom stereocenters. The third-order valence-electron chi connectivity index (χ3n) is 5.91. The minimum absolute atomic E-state index is 0.00986. The normalized spacial score (nSPS) is 10.8. The summed E-state index contributed by atoms with van der Waals surface area (Å²) in [6, 6.07) is 21.9. The van der Waals surface area contributed by atoms with E-state index in [2.05, 4.69) is 20.6 Å². The number of amides is 1. The lowest BCUT2D eigenvalue weighted by atomic mass is 10.2. The smallest absolute Gasteiger partial charge is 0.332 e. The second kappa shape index (κ2) is 11.8. The molecule has 0 atom stereocenters. The van der Waals surface area contributed by atoms with Crippen LogP contribution in [0.15, 0.2) is 95.9 Å². The van der Waals surface area contributed by atoms with Crippen LogP contribution in [0.4, 0.5) is 33.5 Å². The third-order valence-corrected chi connectivity index (χ3v) is 6.66. The van der Waals surface area contributed by atoms with Gasteiger partial charge in [-0.3, -0.25) is 4.79 Å². The zero-order valence-corrected chi connectivity index (χ0v) is 22.7. The van der Waals surface area contributed by atoms with Gasteiger partial charge in [0.15, 0.2) is 11.6 Å². The monoisotopic (exact) mass is 572 g/mol. The van der Waals surface area contributed by atoms with Crippen molar-refractivity contribution < 1.29 is 22.7 Å². The van der Waals surface area contributed by atoms with Gasteiger partial charge in [0.05, 0.1) is 30.9 Å². The molecule has 0 aliphatic heterocycles. The van der Waals surface area contributed by atoms with E-state index in [1.807, 2.05) is 0 Å². The molecule has 12 nitrogen and oxygen atoms in total. The first-order valence-corrected chi connectivity index (χ1v) is 13.3. The van der Waals surface area contributed by atoms with Crippen LogP contribution < -0.4 is 30.0 Å². The number of ether oxygens (including phenoxy) is 2. The molecule has 2 N–H and O–H groups in total. The van der Waals surface area contributed by atoms with Crippen LogP contribution in [-0.2, 0) is 10.9 Å². The fraction of sp³-hybridized carbons (Fsp3) is 0.0714. The molecule has 0 fully saturated rings. The Morgan fingerprint density at radius 3 is 2.17 bits per heavy atom. The van der Waals surface area contributed by atoms with Crippen molar-refractivity contribution in [2.24, 2.45) is 0 Å². The van der Waals surface area contributed by atoms with Crippen molar-refractivity contribution in [3.8, 4) is 11.5 Å². The van der Waals surface area contributed by atoms with Gasteiger partial charge in [-0.1, -0.05) is 24.3 Å². The minimum Gasteiger partial charge on any atom is -0.497 e. The largest absolute Gasteiger partial charge is 0.497 e. The molecule has 5 rings (SSSR count). The quantitative estimate of drug-likeness (QED) is 0.232. The number of para-hydroxylation sites is 2. The van der Waals surface area contributed by atoms with Crippen LogP contribution in [0.3, 0.4) is 0 Å². The number of carbonyl (C=O) groups is 1. The minimum atomic E-state index is -3.29. The number of hydrogen-bond donors (Lipinski definition) is 3. The summed E-state index contributed by atoms with van der Waals surface area (Å²) in [6.07, 6.45) is 1.33. The molecule has 0 saturated carbocycles. The zero-order valence-electron chi connectivity index (χ0n) is 21.8. The molecule has 0 aliphatic carbocycles. The van der Waals surface area contributed by atoms with Crippen LogP contribution in [0.25, 0.3) is 11.0 Å². The zero-order chi connectivity index (χ0) is 28.9. The number of rotatable bonds is 8. The number of aromatic nitrogens is 3. The predicted molar refractivity (Wildman–Crippen MR) is 156 cm³/mol. The Balaban J connectivity index is 1.59. The third kappa shape index (κ3) is 5.94. The lowest BCUT2D eigenvalue weighted by Crippen LogP contribution is -2.29. The Labute approximate surface area is 235 Å². The highest BCUT2D eigenvalue weighted by Gasteiger charge is 2.22. The highest BCUT2D eigenvalue weighted by atomic mass is 32.2. The number of nitrogens with zero attached hydrogens (tertiary/aromatic N) is 4. The van der Waals surface area contributed by atoms with Crippen LogP contribution in [0.2, 0.25) is 0 Å². The molecule has 0 saturated heterocycles. The van der Waals surface area contributed by atoms with Gasteiger partial charge >= 0.3 is 6.03 Å². The summed E-state index contributed by atoms with van der Waals surface area (Å²) in [6.45, 7) is 0. The summed E-state index contributed by atoms with van der Waals surface area (Å²) in [7, 11) is -0.255. The molecule has 0 aliphatic rings. The average molecular weight is 573 g/mol. The molecule has 208 valence electrons. The van der Waals surface area contributed by atoms with Crippen molar-refractivity contribution in [2.75, 3.05) is 29.2 Å². The van der Waals surface area contributed by atoms with Gasteiger partial charge in [-0.05, 0) is 36.4 Å². The van der Waals surface area contributed by atoms with Crippen LogP contribution in [-0.4, -0.2) is 43.2 Å². The van der Waals surface area contributed by atoms with Gasteiger partial charge in [0.25, 0.3) is 5.56 Å². The number of anilines is 5. The molecule has 41 heavy (non-hydrogen) atoms. The Bertz CT molecular complexity index is 1860. The van der Waals surface area contributed by atoms with E-state index in [0.29, 0.717) is 28.2 Å². The van der Waals surface area contributed by atoms with E-state index >= 15 is 0 Å². The number of carbonyl (C=O) groups excluding carboxylic acids is 1. The molecule has 1 amide bonds. The predicted octanol–water partition coefficient (Wildman–Crippen LogP) is 4.30. The number of thiol groups is 1. The number of pyridine rings is 1.